The van der Waals surface area contributed by atoms with Crippen LogP contribution in [0.15, 0.2) is 36.8 Å². The Balaban J connectivity index is 2.23. The molecular formula is C13H13F3N4O2. The van der Waals surface area contributed by atoms with Crippen molar-refractivity contribution in [3.63, 3.8) is 0 Å². The standard InChI is InChI=1S/C13H13F3N4O2/c1-19(8-10(21)13(14,15)16)12(22)9-4-2-5-17-11(9)20-7-3-6-18-20/h2-7,10,21H,8H2,1H3. The van der Waals surface area contributed by atoms with E-state index in [1.165, 1.54) is 36.3 Å². The summed E-state index contributed by atoms with van der Waals surface area (Å²) < 4.78 is 38.4. The summed E-state index contributed by atoms with van der Waals surface area (Å²) >= 11 is 0. The zero-order valence-corrected chi connectivity index (χ0v) is 11.5. The number of nitrogens with zero attached hydrogens (tertiary/aromatic N) is 4. The van der Waals surface area contributed by atoms with Gasteiger partial charge in [-0.05, 0) is 18.2 Å². The molecule has 2 aromatic rings. The number of amides is 1. The first kappa shape index (κ1) is 16.0. The average molecular weight is 314 g/mol. The largest absolute Gasteiger partial charge is 0.416 e. The van der Waals surface area contributed by atoms with Crippen LogP contribution in [-0.4, -0.2) is 56.6 Å². The van der Waals surface area contributed by atoms with Crippen LogP contribution in [0.4, 0.5) is 13.2 Å². The van der Waals surface area contributed by atoms with E-state index in [9.17, 15) is 18.0 Å². The third kappa shape index (κ3) is 3.42. The normalized spacial score (nSPS) is 13.0. The Labute approximate surface area is 123 Å². The fourth-order valence-electron chi connectivity index (χ4n) is 1.79. The van der Waals surface area contributed by atoms with Gasteiger partial charge in [0.15, 0.2) is 11.9 Å². The predicted molar refractivity (Wildman–Crippen MR) is 70.4 cm³/mol. The van der Waals surface area contributed by atoms with Crippen molar-refractivity contribution < 1.29 is 23.1 Å². The number of pyridine rings is 1. The maximum atomic E-state index is 12.4. The Morgan fingerprint density at radius 3 is 2.73 bits per heavy atom. The van der Waals surface area contributed by atoms with Gasteiger partial charge in [-0.3, -0.25) is 4.79 Å². The second kappa shape index (κ2) is 6.14. The van der Waals surface area contributed by atoms with E-state index in [-0.39, 0.29) is 11.4 Å². The SMILES string of the molecule is CN(CC(O)C(F)(F)F)C(=O)c1cccnc1-n1cccn1. The molecule has 1 amide bonds. The van der Waals surface area contributed by atoms with E-state index >= 15 is 0 Å². The van der Waals surface area contributed by atoms with Gasteiger partial charge in [-0.15, -0.1) is 0 Å². The lowest BCUT2D eigenvalue weighted by atomic mass is 10.2. The van der Waals surface area contributed by atoms with E-state index < -0.39 is 24.7 Å². The highest BCUT2D eigenvalue weighted by Crippen LogP contribution is 2.21. The van der Waals surface area contributed by atoms with Gasteiger partial charge in [0.2, 0.25) is 0 Å². The van der Waals surface area contributed by atoms with Crippen LogP contribution in [-0.2, 0) is 0 Å². The van der Waals surface area contributed by atoms with E-state index in [0.29, 0.717) is 0 Å². The molecule has 1 N–H and O–H groups in total. The number of likely N-dealkylation sites (N-methyl/N-ethyl adjacent to an activating group) is 1. The van der Waals surface area contributed by atoms with Crippen LogP contribution in [0, 0.1) is 0 Å². The molecule has 118 valence electrons. The number of hydrogen-bond donors (Lipinski definition) is 1. The number of rotatable bonds is 4. The first-order chi connectivity index (χ1) is 10.3. The molecule has 0 aromatic carbocycles. The lowest BCUT2D eigenvalue weighted by Crippen LogP contribution is -2.42. The lowest BCUT2D eigenvalue weighted by Gasteiger charge is -2.23. The highest BCUT2D eigenvalue weighted by atomic mass is 19.4. The molecule has 0 saturated carbocycles. The molecule has 9 heteroatoms. The monoisotopic (exact) mass is 314 g/mol. The summed E-state index contributed by atoms with van der Waals surface area (Å²) in [6, 6.07) is 4.55. The zero-order valence-electron chi connectivity index (χ0n) is 11.5. The van der Waals surface area contributed by atoms with Crippen molar-refractivity contribution in [1.29, 1.82) is 0 Å². The highest BCUT2D eigenvalue weighted by Gasteiger charge is 2.39. The smallest absolute Gasteiger partial charge is 0.382 e. The van der Waals surface area contributed by atoms with Crippen LogP contribution in [0.25, 0.3) is 5.82 Å². The molecule has 0 spiro atoms. The summed E-state index contributed by atoms with van der Waals surface area (Å²) in [5.74, 6) is -0.493. The molecule has 0 bridgehead atoms. The predicted octanol–water partition coefficient (Wildman–Crippen LogP) is 1.26. The third-order valence-electron chi connectivity index (χ3n) is 2.91. The molecule has 0 aliphatic carbocycles. The van der Waals surface area contributed by atoms with Crippen LogP contribution < -0.4 is 0 Å². The summed E-state index contributed by atoms with van der Waals surface area (Å²) in [7, 11) is 1.18. The van der Waals surface area contributed by atoms with Gasteiger partial charge in [-0.2, -0.15) is 18.3 Å². The Hall–Kier alpha value is -2.42. The highest BCUT2D eigenvalue weighted by molar-refractivity contribution is 5.96. The van der Waals surface area contributed by atoms with Crippen molar-refractivity contribution in [1.82, 2.24) is 19.7 Å². The van der Waals surface area contributed by atoms with Crippen LogP contribution in [0.3, 0.4) is 0 Å². The third-order valence-corrected chi connectivity index (χ3v) is 2.91. The van der Waals surface area contributed by atoms with Crippen molar-refractivity contribution in [2.75, 3.05) is 13.6 Å². The summed E-state index contributed by atoms with van der Waals surface area (Å²) in [5.41, 5.74) is 0.0862. The van der Waals surface area contributed by atoms with Crippen LogP contribution in [0.1, 0.15) is 10.4 Å². The number of aromatic nitrogens is 3. The molecule has 22 heavy (non-hydrogen) atoms. The molecule has 6 nitrogen and oxygen atoms in total. The van der Waals surface area contributed by atoms with E-state index in [0.717, 1.165) is 4.90 Å². The molecule has 1 unspecified atom stereocenters. The van der Waals surface area contributed by atoms with Crippen molar-refractivity contribution in [3.8, 4) is 5.82 Å². The molecule has 0 fully saturated rings. The minimum absolute atomic E-state index is 0.0862. The molecule has 0 saturated heterocycles. The number of carbonyl (C=O) groups is 1. The molecule has 0 radical (unpaired) electrons. The van der Waals surface area contributed by atoms with Gasteiger partial charge >= 0.3 is 6.18 Å². The van der Waals surface area contributed by atoms with Crippen molar-refractivity contribution in [2.24, 2.45) is 0 Å². The van der Waals surface area contributed by atoms with Crippen molar-refractivity contribution in [2.45, 2.75) is 12.3 Å². The fraction of sp³-hybridized carbons (Fsp3) is 0.308. The van der Waals surface area contributed by atoms with Crippen LogP contribution >= 0.6 is 0 Å². The number of carbonyl (C=O) groups excluding carboxylic acids is 1. The van der Waals surface area contributed by atoms with Crippen molar-refractivity contribution in [3.05, 3.63) is 42.4 Å². The number of aliphatic hydroxyl groups is 1. The second-order valence-electron chi connectivity index (χ2n) is 4.57. The number of halogens is 3. The quantitative estimate of drug-likeness (QED) is 0.922. The summed E-state index contributed by atoms with van der Waals surface area (Å²) in [6.07, 6.45) is -2.90. The van der Waals surface area contributed by atoms with E-state index in [1.54, 1.807) is 12.3 Å². The maximum Gasteiger partial charge on any atom is 0.416 e. The molecule has 0 aliphatic heterocycles. The number of alkyl halides is 3. The van der Waals surface area contributed by atoms with Gasteiger partial charge < -0.3 is 10.0 Å². The van der Waals surface area contributed by atoms with Gasteiger partial charge in [0.25, 0.3) is 5.91 Å². The van der Waals surface area contributed by atoms with Crippen LogP contribution in [0.2, 0.25) is 0 Å². The Morgan fingerprint density at radius 2 is 2.14 bits per heavy atom. The van der Waals surface area contributed by atoms with E-state index in [1.807, 2.05) is 0 Å². The molecule has 0 aliphatic rings. The second-order valence-corrected chi connectivity index (χ2v) is 4.57. The molecule has 2 aromatic heterocycles. The van der Waals surface area contributed by atoms with Gasteiger partial charge in [0.05, 0.1) is 12.1 Å². The average Bonchev–Trinajstić information content (AvgIpc) is 2.99. The minimum atomic E-state index is -4.78. The van der Waals surface area contributed by atoms with Gasteiger partial charge in [0, 0.05) is 25.6 Å². The Morgan fingerprint density at radius 1 is 1.41 bits per heavy atom. The maximum absolute atomic E-state index is 12.4. The topological polar surface area (TPSA) is 71.2 Å². The first-order valence-corrected chi connectivity index (χ1v) is 6.26. The number of hydrogen-bond acceptors (Lipinski definition) is 4. The van der Waals surface area contributed by atoms with Crippen molar-refractivity contribution >= 4 is 5.91 Å². The Kier molecular flexibility index (Phi) is 4.45. The molecule has 2 heterocycles. The lowest BCUT2D eigenvalue weighted by molar-refractivity contribution is -0.205. The number of aliphatic hydroxyl groups excluding tert-OH is 1. The summed E-state index contributed by atoms with van der Waals surface area (Å²) in [4.78, 5) is 17.1. The van der Waals surface area contributed by atoms with E-state index in [2.05, 4.69) is 10.1 Å². The van der Waals surface area contributed by atoms with Crippen LogP contribution in [0.5, 0.6) is 0 Å². The van der Waals surface area contributed by atoms with E-state index in [4.69, 9.17) is 5.11 Å². The summed E-state index contributed by atoms with van der Waals surface area (Å²) in [6.45, 7) is -0.865. The molecular weight excluding hydrogens is 301 g/mol. The summed E-state index contributed by atoms with van der Waals surface area (Å²) in [5, 5.41) is 13.0. The van der Waals surface area contributed by atoms with Gasteiger partial charge in [-0.25, -0.2) is 9.67 Å². The molecule has 1 atom stereocenters. The Bertz CT molecular complexity index is 643. The first-order valence-electron chi connectivity index (χ1n) is 6.26. The fourth-order valence-corrected chi connectivity index (χ4v) is 1.79. The molecule has 2 rings (SSSR count). The van der Waals surface area contributed by atoms with Gasteiger partial charge in [0.1, 0.15) is 0 Å². The van der Waals surface area contributed by atoms with Gasteiger partial charge in [-0.1, -0.05) is 0 Å². The minimum Gasteiger partial charge on any atom is -0.382 e. The zero-order chi connectivity index (χ0) is 16.3.